The highest BCUT2D eigenvalue weighted by Crippen LogP contribution is 2.33. The molecule has 0 amide bonds. The van der Waals surface area contributed by atoms with Gasteiger partial charge in [-0.1, -0.05) is 0 Å². The molecule has 0 bridgehead atoms. The molecule has 1 rings (SSSR count). The van der Waals surface area contributed by atoms with Crippen LogP contribution in [-0.4, -0.2) is 29.5 Å². The van der Waals surface area contributed by atoms with Gasteiger partial charge in [0.05, 0.1) is 6.20 Å². The Kier molecular flexibility index (Phi) is 2.30. The molecule has 0 aromatic rings. The summed E-state index contributed by atoms with van der Waals surface area (Å²) < 4.78 is 71.8. The summed E-state index contributed by atoms with van der Waals surface area (Å²) in [5, 5.41) is -0.330. The molecule has 1 aliphatic rings. The fraction of sp³-hybridized carbons (Fsp3) is 0.600. The summed E-state index contributed by atoms with van der Waals surface area (Å²) in [5.41, 5.74) is 0.0719. The van der Waals surface area contributed by atoms with E-state index < -0.39 is 23.2 Å². The normalized spacial score (nSPS) is 18.9. The van der Waals surface area contributed by atoms with Gasteiger partial charge in [-0.2, -0.15) is 13.2 Å². The second kappa shape index (κ2) is 2.94. The summed E-state index contributed by atoms with van der Waals surface area (Å²) in [4.78, 5) is 0. The standard InChI is InChI=1S/C5H5F6N3/c1-13-3(4(6,7)8)2-14(12-13)5(9,10)11/h2,12H,1H3. The van der Waals surface area contributed by atoms with Gasteiger partial charge in [-0.3, -0.25) is 5.01 Å². The molecule has 0 spiro atoms. The average molecular weight is 221 g/mol. The van der Waals surface area contributed by atoms with Gasteiger partial charge in [-0.25, -0.2) is 5.01 Å². The Labute approximate surface area is 74.5 Å². The monoisotopic (exact) mass is 221 g/mol. The molecule has 0 aromatic heterocycles. The average Bonchev–Trinajstić information content (AvgIpc) is 2.27. The van der Waals surface area contributed by atoms with Crippen molar-refractivity contribution in [3.8, 4) is 0 Å². The Balaban J connectivity index is 2.89. The Bertz CT molecular complexity index is 253. The molecule has 82 valence electrons. The van der Waals surface area contributed by atoms with E-state index in [4.69, 9.17) is 0 Å². The molecule has 1 N–H and O–H groups in total. The number of hydrazine groups is 2. The number of rotatable bonds is 0. The van der Waals surface area contributed by atoms with Crippen LogP contribution in [0.4, 0.5) is 26.3 Å². The van der Waals surface area contributed by atoms with E-state index in [0.717, 1.165) is 7.05 Å². The van der Waals surface area contributed by atoms with Crippen LogP contribution in [0.5, 0.6) is 0 Å². The van der Waals surface area contributed by atoms with E-state index in [0.29, 0.717) is 0 Å². The van der Waals surface area contributed by atoms with Gasteiger partial charge in [0, 0.05) is 7.05 Å². The van der Waals surface area contributed by atoms with Crippen molar-refractivity contribution in [1.29, 1.82) is 0 Å². The van der Waals surface area contributed by atoms with Crippen molar-refractivity contribution in [3.05, 3.63) is 11.9 Å². The number of nitrogens with zero attached hydrogens (tertiary/aromatic N) is 2. The summed E-state index contributed by atoms with van der Waals surface area (Å²) in [5.74, 6) is 0. The van der Waals surface area contributed by atoms with Crippen LogP contribution in [0.3, 0.4) is 0 Å². The van der Waals surface area contributed by atoms with E-state index in [1.165, 1.54) is 5.53 Å². The molecule has 3 nitrogen and oxygen atoms in total. The molecule has 0 aliphatic carbocycles. The Morgan fingerprint density at radius 1 is 1.14 bits per heavy atom. The summed E-state index contributed by atoms with van der Waals surface area (Å²) in [6, 6.07) is 0. The number of hydrogen-bond acceptors (Lipinski definition) is 3. The molecule has 0 saturated heterocycles. The molecular weight excluding hydrogens is 216 g/mol. The maximum atomic E-state index is 12.0. The first-order valence-corrected chi connectivity index (χ1v) is 3.27. The predicted molar refractivity (Wildman–Crippen MR) is 32.9 cm³/mol. The highest BCUT2D eigenvalue weighted by molar-refractivity contribution is 5.09. The first-order chi connectivity index (χ1) is 6.12. The second-order valence-corrected chi connectivity index (χ2v) is 2.51. The molecule has 0 fully saturated rings. The maximum Gasteiger partial charge on any atom is 0.500 e. The largest absolute Gasteiger partial charge is 0.500 e. The molecular formula is C5H5F6N3. The van der Waals surface area contributed by atoms with Gasteiger partial charge in [0.25, 0.3) is 0 Å². The number of halogens is 6. The van der Waals surface area contributed by atoms with E-state index in [1.807, 2.05) is 0 Å². The van der Waals surface area contributed by atoms with Gasteiger partial charge in [0.2, 0.25) is 0 Å². The third-order valence-electron chi connectivity index (χ3n) is 1.43. The minimum absolute atomic E-state index is 0.0556. The number of hydrogen-bond donors (Lipinski definition) is 1. The van der Waals surface area contributed by atoms with Crippen molar-refractivity contribution >= 4 is 0 Å². The smallest absolute Gasteiger partial charge is 0.288 e. The SMILES string of the molecule is CN1NN(C(F)(F)F)C=C1C(F)(F)F. The molecule has 0 radical (unpaired) electrons. The lowest BCUT2D eigenvalue weighted by molar-refractivity contribution is -0.252. The molecule has 9 heteroatoms. The van der Waals surface area contributed by atoms with Crippen molar-refractivity contribution in [2.24, 2.45) is 0 Å². The van der Waals surface area contributed by atoms with E-state index in [2.05, 4.69) is 0 Å². The lowest BCUT2D eigenvalue weighted by Crippen LogP contribution is -2.46. The maximum absolute atomic E-state index is 12.0. The molecule has 0 unspecified atom stereocenters. The van der Waals surface area contributed by atoms with Gasteiger partial charge in [-0.05, 0) is 0 Å². The van der Waals surface area contributed by atoms with E-state index >= 15 is 0 Å². The molecule has 1 aliphatic heterocycles. The van der Waals surface area contributed by atoms with Crippen LogP contribution < -0.4 is 5.53 Å². The summed E-state index contributed by atoms with van der Waals surface area (Å²) >= 11 is 0. The third-order valence-corrected chi connectivity index (χ3v) is 1.43. The third kappa shape index (κ3) is 2.03. The Morgan fingerprint density at radius 3 is 1.86 bits per heavy atom. The van der Waals surface area contributed by atoms with Crippen molar-refractivity contribution in [2.45, 2.75) is 12.5 Å². The van der Waals surface area contributed by atoms with Crippen molar-refractivity contribution in [1.82, 2.24) is 15.6 Å². The molecule has 0 atom stereocenters. The summed E-state index contributed by atoms with van der Waals surface area (Å²) in [6.07, 6.45) is -9.76. The van der Waals surface area contributed by atoms with E-state index in [1.54, 1.807) is 0 Å². The van der Waals surface area contributed by atoms with Gasteiger partial charge >= 0.3 is 12.5 Å². The minimum atomic E-state index is -4.89. The van der Waals surface area contributed by atoms with Crippen molar-refractivity contribution in [3.63, 3.8) is 0 Å². The quantitative estimate of drug-likeness (QED) is 0.494. The van der Waals surface area contributed by atoms with Gasteiger partial charge < -0.3 is 0 Å². The Morgan fingerprint density at radius 2 is 1.64 bits per heavy atom. The van der Waals surface area contributed by atoms with Gasteiger partial charge in [0.15, 0.2) is 5.70 Å². The topological polar surface area (TPSA) is 18.5 Å². The predicted octanol–water partition coefficient (Wildman–Crippen LogP) is 1.58. The summed E-state index contributed by atoms with van der Waals surface area (Å²) in [6.45, 7) is 0. The van der Waals surface area contributed by atoms with Crippen LogP contribution in [0.1, 0.15) is 0 Å². The molecule has 1 heterocycles. The second-order valence-electron chi connectivity index (χ2n) is 2.51. The zero-order valence-corrected chi connectivity index (χ0v) is 6.74. The number of allylic oxidation sites excluding steroid dienone is 1. The van der Waals surface area contributed by atoms with E-state index in [9.17, 15) is 26.3 Å². The minimum Gasteiger partial charge on any atom is -0.288 e. The zero-order valence-electron chi connectivity index (χ0n) is 6.74. The van der Waals surface area contributed by atoms with Gasteiger partial charge in [0.1, 0.15) is 0 Å². The first-order valence-electron chi connectivity index (χ1n) is 3.27. The fourth-order valence-corrected chi connectivity index (χ4v) is 0.846. The molecule has 0 saturated carbocycles. The number of nitrogens with one attached hydrogen (secondary N) is 1. The van der Waals surface area contributed by atoms with Crippen LogP contribution in [0, 0.1) is 0 Å². The highest BCUT2D eigenvalue weighted by Gasteiger charge is 2.47. The fourth-order valence-electron chi connectivity index (χ4n) is 0.846. The Hall–Kier alpha value is -1.12. The highest BCUT2D eigenvalue weighted by atomic mass is 19.4. The van der Waals surface area contributed by atoms with Crippen molar-refractivity contribution < 1.29 is 26.3 Å². The lowest BCUT2D eigenvalue weighted by atomic mass is 10.4. The molecule has 14 heavy (non-hydrogen) atoms. The zero-order chi connectivity index (χ0) is 11.1. The van der Waals surface area contributed by atoms with E-state index in [-0.39, 0.29) is 11.2 Å². The molecule has 0 aromatic carbocycles. The summed E-state index contributed by atoms with van der Waals surface area (Å²) in [7, 11) is 0.838. The van der Waals surface area contributed by atoms with Crippen LogP contribution >= 0.6 is 0 Å². The van der Waals surface area contributed by atoms with Crippen LogP contribution in [0.15, 0.2) is 11.9 Å². The van der Waals surface area contributed by atoms with Gasteiger partial charge in [-0.15, -0.1) is 18.7 Å². The van der Waals surface area contributed by atoms with Crippen LogP contribution in [0.25, 0.3) is 0 Å². The van der Waals surface area contributed by atoms with Crippen molar-refractivity contribution in [2.75, 3.05) is 7.05 Å². The van der Waals surface area contributed by atoms with Crippen LogP contribution in [0.2, 0.25) is 0 Å². The lowest BCUT2D eigenvalue weighted by Gasteiger charge is -2.22. The van der Waals surface area contributed by atoms with Crippen LogP contribution in [-0.2, 0) is 0 Å². The number of alkyl halides is 6. The first kappa shape index (κ1) is 11.0.